The summed E-state index contributed by atoms with van der Waals surface area (Å²) in [6, 6.07) is 13.1. The standard InChI is InChI=1S/C22H26N2OS/c1-15-3-7-17(8-4-15)14-24-19-11-12-26-21(19)13-20(24)22(25)23-18-9-5-16(2)6-10-18/h3-4,7-8,11-13,16,18H,5-6,9-10,14H2,1-2H3,(H,23,25). The van der Waals surface area contributed by atoms with Crippen molar-refractivity contribution in [3.8, 4) is 0 Å². The number of amides is 1. The van der Waals surface area contributed by atoms with Gasteiger partial charge in [0, 0.05) is 12.6 Å². The summed E-state index contributed by atoms with van der Waals surface area (Å²) < 4.78 is 3.34. The minimum atomic E-state index is 0.0695. The Balaban J connectivity index is 1.59. The molecule has 1 aliphatic rings. The molecule has 0 bridgehead atoms. The molecule has 4 rings (SSSR count). The number of nitrogens with one attached hydrogen (secondary N) is 1. The average Bonchev–Trinajstić information content (AvgIpc) is 3.21. The van der Waals surface area contributed by atoms with Crippen LogP contribution in [0.2, 0.25) is 0 Å². The summed E-state index contributed by atoms with van der Waals surface area (Å²) in [5.74, 6) is 0.860. The largest absolute Gasteiger partial charge is 0.348 e. The van der Waals surface area contributed by atoms with Crippen LogP contribution in [0.1, 0.15) is 54.2 Å². The molecule has 0 radical (unpaired) electrons. The SMILES string of the molecule is Cc1ccc(Cn2c(C(=O)NC3CCC(C)CC3)cc3sccc32)cc1. The molecule has 26 heavy (non-hydrogen) atoms. The molecule has 1 aliphatic carbocycles. The van der Waals surface area contributed by atoms with Crippen molar-refractivity contribution in [3.05, 3.63) is 58.6 Å². The lowest BCUT2D eigenvalue weighted by molar-refractivity contribution is 0.0914. The molecule has 1 fully saturated rings. The van der Waals surface area contributed by atoms with Gasteiger partial charge in [-0.3, -0.25) is 4.79 Å². The van der Waals surface area contributed by atoms with E-state index in [4.69, 9.17) is 0 Å². The summed E-state index contributed by atoms with van der Waals surface area (Å²) in [4.78, 5) is 13.0. The van der Waals surface area contributed by atoms with E-state index >= 15 is 0 Å². The maximum atomic E-state index is 13.0. The molecule has 0 atom stereocenters. The number of aromatic nitrogens is 1. The number of hydrogen-bond acceptors (Lipinski definition) is 2. The zero-order valence-electron chi connectivity index (χ0n) is 15.5. The van der Waals surface area contributed by atoms with Gasteiger partial charge in [-0.05, 0) is 61.6 Å². The van der Waals surface area contributed by atoms with E-state index in [2.05, 4.69) is 65.5 Å². The summed E-state index contributed by atoms with van der Waals surface area (Å²) in [7, 11) is 0. The number of thiophene rings is 1. The molecule has 0 aliphatic heterocycles. The van der Waals surface area contributed by atoms with Crippen molar-refractivity contribution < 1.29 is 4.79 Å². The van der Waals surface area contributed by atoms with E-state index in [9.17, 15) is 4.79 Å². The number of aryl methyl sites for hydroxylation is 1. The van der Waals surface area contributed by atoms with Crippen molar-refractivity contribution in [3.63, 3.8) is 0 Å². The van der Waals surface area contributed by atoms with Gasteiger partial charge >= 0.3 is 0 Å². The molecule has 4 heteroatoms. The molecule has 1 saturated carbocycles. The van der Waals surface area contributed by atoms with Crippen LogP contribution >= 0.6 is 11.3 Å². The predicted octanol–water partition coefficient (Wildman–Crippen LogP) is 5.37. The van der Waals surface area contributed by atoms with Gasteiger partial charge in [-0.25, -0.2) is 0 Å². The quantitative estimate of drug-likeness (QED) is 0.662. The Morgan fingerprint density at radius 2 is 1.88 bits per heavy atom. The van der Waals surface area contributed by atoms with Crippen LogP contribution in [0, 0.1) is 12.8 Å². The van der Waals surface area contributed by atoms with Crippen molar-refractivity contribution in [1.82, 2.24) is 9.88 Å². The molecule has 136 valence electrons. The predicted molar refractivity (Wildman–Crippen MR) is 109 cm³/mol. The number of benzene rings is 1. The Bertz CT molecular complexity index is 898. The maximum absolute atomic E-state index is 13.0. The molecule has 0 unspecified atom stereocenters. The van der Waals surface area contributed by atoms with E-state index < -0.39 is 0 Å². The summed E-state index contributed by atoms with van der Waals surface area (Å²) in [6.45, 7) is 5.13. The first-order valence-electron chi connectivity index (χ1n) is 9.53. The molecule has 1 N–H and O–H groups in total. The number of nitrogens with zero attached hydrogens (tertiary/aromatic N) is 1. The highest BCUT2D eigenvalue weighted by molar-refractivity contribution is 7.17. The molecule has 3 nitrogen and oxygen atoms in total. The third-order valence-electron chi connectivity index (χ3n) is 5.57. The molecule has 1 aromatic carbocycles. The van der Waals surface area contributed by atoms with Gasteiger partial charge in [0.25, 0.3) is 5.91 Å². The lowest BCUT2D eigenvalue weighted by Crippen LogP contribution is -2.38. The van der Waals surface area contributed by atoms with Crippen molar-refractivity contribution in [2.75, 3.05) is 0 Å². The van der Waals surface area contributed by atoms with Crippen LogP contribution in [-0.2, 0) is 6.54 Å². The summed E-state index contributed by atoms with van der Waals surface area (Å²) in [6.07, 6.45) is 4.62. The maximum Gasteiger partial charge on any atom is 0.268 e. The van der Waals surface area contributed by atoms with E-state index in [1.54, 1.807) is 11.3 Å². The summed E-state index contributed by atoms with van der Waals surface area (Å²) in [5, 5.41) is 5.38. The van der Waals surface area contributed by atoms with Crippen LogP contribution in [0.5, 0.6) is 0 Å². The Kier molecular flexibility index (Phi) is 4.86. The van der Waals surface area contributed by atoms with Crippen molar-refractivity contribution in [1.29, 1.82) is 0 Å². The zero-order chi connectivity index (χ0) is 18.1. The van der Waals surface area contributed by atoms with E-state index in [1.165, 1.54) is 28.7 Å². The Morgan fingerprint density at radius 1 is 1.15 bits per heavy atom. The van der Waals surface area contributed by atoms with E-state index in [0.717, 1.165) is 36.5 Å². The molecular weight excluding hydrogens is 340 g/mol. The fourth-order valence-corrected chi connectivity index (χ4v) is 4.70. The van der Waals surface area contributed by atoms with Gasteiger partial charge in [0.2, 0.25) is 0 Å². The highest BCUT2D eigenvalue weighted by atomic mass is 32.1. The van der Waals surface area contributed by atoms with Crippen molar-refractivity contribution in [2.45, 2.75) is 52.1 Å². The Hall–Kier alpha value is -2.07. The summed E-state index contributed by atoms with van der Waals surface area (Å²) >= 11 is 1.70. The topological polar surface area (TPSA) is 34.0 Å². The molecule has 2 heterocycles. The van der Waals surface area contributed by atoms with Gasteiger partial charge in [0.15, 0.2) is 0 Å². The minimum absolute atomic E-state index is 0.0695. The van der Waals surface area contributed by atoms with Crippen LogP contribution in [0.25, 0.3) is 10.2 Å². The molecule has 0 saturated heterocycles. The molecular formula is C22H26N2OS. The summed E-state index contributed by atoms with van der Waals surface area (Å²) in [5.41, 5.74) is 4.41. The number of fused-ring (bicyclic) bond motifs is 1. The van der Waals surface area contributed by atoms with Crippen LogP contribution < -0.4 is 5.32 Å². The van der Waals surface area contributed by atoms with E-state index in [-0.39, 0.29) is 5.91 Å². The van der Waals surface area contributed by atoms with Crippen molar-refractivity contribution >= 4 is 27.5 Å². The van der Waals surface area contributed by atoms with Crippen LogP contribution in [0.3, 0.4) is 0 Å². The Labute approximate surface area is 159 Å². The van der Waals surface area contributed by atoms with Crippen LogP contribution in [0.4, 0.5) is 0 Å². The van der Waals surface area contributed by atoms with Gasteiger partial charge in [0.1, 0.15) is 5.69 Å². The number of carbonyl (C=O) groups is 1. The highest BCUT2D eigenvalue weighted by Gasteiger charge is 2.23. The minimum Gasteiger partial charge on any atom is -0.348 e. The first-order valence-corrected chi connectivity index (χ1v) is 10.4. The average molecular weight is 367 g/mol. The number of hydrogen-bond donors (Lipinski definition) is 1. The first kappa shape index (κ1) is 17.3. The number of rotatable bonds is 4. The normalized spacial score (nSPS) is 20.4. The molecule has 2 aromatic heterocycles. The lowest BCUT2D eigenvalue weighted by atomic mass is 9.87. The van der Waals surface area contributed by atoms with Gasteiger partial charge < -0.3 is 9.88 Å². The molecule has 0 spiro atoms. The van der Waals surface area contributed by atoms with Gasteiger partial charge in [0.05, 0.1) is 10.2 Å². The van der Waals surface area contributed by atoms with E-state index in [0.29, 0.717) is 6.04 Å². The molecule has 3 aromatic rings. The van der Waals surface area contributed by atoms with Crippen molar-refractivity contribution in [2.24, 2.45) is 5.92 Å². The second kappa shape index (κ2) is 7.28. The highest BCUT2D eigenvalue weighted by Crippen LogP contribution is 2.28. The monoisotopic (exact) mass is 366 g/mol. The first-order chi connectivity index (χ1) is 12.6. The Morgan fingerprint density at radius 3 is 2.62 bits per heavy atom. The molecule has 1 amide bonds. The van der Waals surface area contributed by atoms with Gasteiger partial charge in [-0.2, -0.15) is 0 Å². The lowest BCUT2D eigenvalue weighted by Gasteiger charge is -2.27. The third-order valence-corrected chi connectivity index (χ3v) is 6.42. The van der Waals surface area contributed by atoms with Gasteiger partial charge in [-0.15, -0.1) is 11.3 Å². The second-order valence-corrected chi connectivity index (χ2v) is 8.65. The second-order valence-electron chi connectivity index (χ2n) is 7.70. The fraction of sp³-hybridized carbons (Fsp3) is 0.409. The zero-order valence-corrected chi connectivity index (χ0v) is 16.3. The van der Waals surface area contributed by atoms with Crippen LogP contribution in [0.15, 0.2) is 41.8 Å². The number of carbonyl (C=O) groups excluding carboxylic acids is 1. The van der Waals surface area contributed by atoms with Crippen LogP contribution in [-0.4, -0.2) is 16.5 Å². The fourth-order valence-electron chi connectivity index (χ4n) is 3.88. The van der Waals surface area contributed by atoms with E-state index in [1.807, 2.05) is 0 Å². The van der Waals surface area contributed by atoms with Gasteiger partial charge in [-0.1, -0.05) is 36.8 Å². The smallest absolute Gasteiger partial charge is 0.268 e. The third kappa shape index (κ3) is 3.56.